The number of halogens is 2. The molecule has 1 amide bonds. The van der Waals surface area contributed by atoms with Crippen molar-refractivity contribution in [1.29, 1.82) is 0 Å². The molecule has 0 saturated heterocycles. The number of nitrogens with one attached hydrogen (secondary N) is 2. The first-order chi connectivity index (χ1) is 12.5. The molecular formula is C17H14F2N6O. The first-order valence-corrected chi connectivity index (χ1v) is 7.53. The summed E-state index contributed by atoms with van der Waals surface area (Å²) in [5, 5.41) is 5.87. The highest BCUT2D eigenvalue weighted by Gasteiger charge is 2.11. The Labute approximate surface area is 147 Å². The van der Waals surface area contributed by atoms with Gasteiger partial charge in [0.25, 0.3) is 5.91 Å². The van der Waals surface area contributed by atoms with E-state index in [4.69, 9.17) is 5.73 Å². The zero-order chi connectivity index (χ0) is 18.5. The average Bonchev–Trinajstić information content (AvgIpc) is 2.60. The second kappa shape index (κ2) is 7.51. The highest BCUT2D eigenvalue weighted by molar-refractivity contribution is 5.98. The lowest BCUT2D eigenvalue weighted by Crippen LogP contribution is -2.15. The molecule has 0 bridgehead atoms. The van der Waals surface area contributed by atoms with Crippen molar-refractivity contribution in [3.05, 3.63) is 71.8 Å². The maximum absolute atomic E-state index is 13.3. The topological polar surface area (TPSA) is 106 Å². The van der Waals surface area contributed by atoms with Crippen LogP contribution in [0.4, 0.5) is 26.1 Å². The van der Waals surface area contributed by atoms with Crippen molar-refractivity contribution in [3.63, 3.8) is 0 Å². The number of carbonyl (C=O) groups is 1. The maximum atomic E-state index is 13.3. The molecule has 2 heterocycles. The van der Waals surface area contributed by atoms with Crippen LogP contribution in [-0.4, -0.2) is 20.9 Å². The number of nitrogens with zero attached hydrogens (tertiary/aromatic N) is 3. The lowest BCUT2D eigenvalue weighted by atomic mass is 10.1. The number of rotatable bonds is 6. The summed E-state index contributed by atoms with van der Waals surface area (Å²) in [6.07, 6.45) is 5.85. The van der Waals surface area contributed by atoms with Crippen LogP contribution >= 0.6 is 0 Å². The fourth-order valence-corrected chi connectivity index (χ4v) is 2.27. The predicted octanol–water partition coefficient (Wildman–Crippen LogP) is 2.60. The number of pyridine rings is 1. The zero-order valence-corrected chi connectivity index (χ0v) is 13.4. The van der Waals surface area contributed by atoms with E-state index in [-0.39, 0.29) is 12.1 Å². The van der Waals surface area contributed by atoms with E-state index < -0.39 is 17.5 Å². The second-order valence-electron chi connectivity index (χ2n) is 5.33. The summed E-state index contributed by atoms with van der Waals surface area (Å²) in [7, 11) is 0. The highest BCUT2D eigenvalue weighted by atomic mass is 19.1. The minimum Gasteiger partial charge on any atom is -0.380 e. The van der Waals surface area contributed by atoms with E-state index in [1.807, 2.05) is 0 Å². The van der Waals surface area contributed by atoms with Crippen molar-refractivity contribution >= 4 is 23.2 Å². The van der Waals surface area contributed by atoms with E-state index in [2.05, 4.69) is 25.6 Å². The maximum Gasteiger partial charge on any atom is 0.252 e. The number of benzene rings is 1. The normalized spacial score (nSPS) is 10.4. The van der Waals surface area contributed by atoms with Gasteiger partial charge in [-0.3, -0.25) is 9.78 Å². The molecule has 0 aliphatic rings. The number of carbonyl (C=O) groups excluding carboxylic acids is 1. The van der Waals surface area contributed by atoms with E-state index >= 15 is 0 Å². The molecule has 4 N–H and O–H groups in total. The van der Waals surface area contributed by atoms with E-state index in [1.165, 1.54) is 36.9 Å². The van der Waals surface area contributed by atoms with Crippen molar-refractivity contribution in [2.45, 2.75) is 6.54 Å². The Morgan fingerprint density at radius 2 is 1.77 bits per heavy atom. The molecule has 7 nitrogen and oxygen atoms in total. The third-order valence-corrected chi connectivity index (χ3v) is 3.39. The lowest BCUT2D eigenvalue weighted by molar-refractivity contribution is 0.100. The van der Waals surface area contributed by atoms with Gasteiger partial charge in [0.1, 0.15) is 23.3 Å². The Morgan fingerprint density at radius 3 is 2.42 bits per heavy atom. The van der Waals surface area contributed by atoms with Crippen LogP contribution in [-0.2, 0) is 6.54 Å². The standard InChI is InChI=1S/C17H14F2N6O/c18-11-3-10(4-12(19)5-11)7-23-14-6-15(24-8-13(14)17(20)26)25-16-9-21-1-2-22-16/h1-6,8-9H,7H2,(H2,20,26)(H2,22,23,24,25). The van der Waals surface area contributed by atoms with Gasteiger partial charge in [-0.1, -0.05) is 0 Å². The van der Waals surface area contributed by atoms with Gasteiger partial charge in [-0.25, -0.2) is 18.7 Å². The number of aromatic nitrogens is 3. The van der Waals surface area contributed by atoms with Crippen LogP contribution in [0.1, 0.15) is 15.9 Å². The molecule has 0 spiro atoms. The van der Waals surface area contributed by atoms with Crippen LogP contribution in [0.3, 0.4) is 0 Å². The monoisotopic (exact) mass is 356 g/mol. The second-order valence-corrected chi connectivity index (χ2v) is 5.33. The molecule has 0 unspecified atom stereocenters. The van der Waals surface area contributed by atoms with Gasteiger partial charge < -0.3 is 16.4 Å². The summed E-state index contributed by atoms with van der Waals surface area (Å²) < 4.78 is 26.6. The number of amides is 1. The van der Waals surface area contributed by atoms with Gasteiger partial charge in [0, 0.05) is 37.3 Å². The fourth-order valence-electron chi connectivity index (χ4n) is 2.27. The van der Waals surface area contributed by atoms with Crippen LogP contribution in [0.25, 0.3) is 0 Å². The third kappa shape index (κ3) is 4.26. The van der Waals surface area contributed by atoms with Crippen LogP contribution in [0, 0.1) is 11.6 Å². The van der Waals surface area contributed by atoms with Crippen molar-refractivity contribution in [2.75, 3.05) is 10.6 Å². The molecule has 26 heavy (non-hydrogen) atoms. The van der Waals surface area contributed by atoms with Crippen molar-refractivity contribution < 1.29 is 13.6 Å². The van der Waals surface area contributed by atoms with Crippen LogP contribution in [0.5, 0.6) is 0 Å². The van der Waals surface area contributed by atoms with E-state index in [0.29, 0.717) is 22.9 Å². The molecule has 0 atom stereocenters. The Bertz CT molecular complexity index is 916. The van der Waals surface area contributed by atoms with Gasteiger partial charge in [-0.15, -0.1) is 0 Å². The molecular weight excluding hydrogens is 342 g/mol. The van der Waals surface area contributed by atoms with E-state index in [1.54, 1.807) is 6.07 Å². The molecule has 0 aliphatic heterocycles. The highest BCUT2D eigenvalue weighted by Crippen LogP contribution is 2.21. The van der Waals surface area contributed by atoms with E-state index in [0.717, 1.165) is 6.07 Å². The van der Waals surface area contributed by atoms with Crippen LogP contribution in [0.15, 0.2) is 49.1 Å². The molecule has 1 aromatic carbocycles. The summed E-state index contributed by atoms with van der Waals surface area (Å²) in [6.45, 7) is 0.0869. The summed E-state index contributed by atoms with van der Waals surface area (Å²) in [4.78, 5) is 23.7. The number of anilines is 3. The van der Waals surface area contributed by atoms with Crippen molar-refractivity contribution in [2.24, 2.45) is 5.73 Å². The number of hydrogen-bond acceptors (Lipinski definition) is 6. The lowest BCUT2D eigenvalue weighted by Gasteiger charge is -2.12. The fraction of sp³-hybridized carbons (Fsp3) is 0.0588. The number of hydrogen-bond donors (Lipinski definition) is 3. The molecule has 0 saturated carbocycles. The van der Waals surface area contributed by atoms with Gasteiger partial charge in [0.15, 0.2) is 0 Å². The zero-order valence-electron chi connectivity index (χ0n) is 13.4. The van der Waals surface area contributed by atoms with E-state index in [9.17, 15) is 13.6 Å². The summed E-state index contributed by atoms with van der Waals surface area (Å²) >= 11 is 0. The number of primary amides is 1. The molecule has 9 heteroatoms. The Kier molecular flexibility index (Phi) is 4.97. The van der Waals surface area contributed by atoms with Crippen LogP contribution < -0.4 is 16.4 Å². The molecule has 3 rings (SSSR count). The SMILES string of the molecule is NC(=O)c1cnc(Nc2cnccn2)cc1NCc1cc(F)cc(F)c1. The average molecular weight is 356 g/mol. The summed E-state index contributed by atoms with van der Waals surface area (Å²) in [6, 6.07) is 4.72. The van der Waals surface area contributed by atoms with Gasteiger partial charge in [0.2, 0.25) is 0 Å². The largest absolute Gasteiger partial charge is 0.380 e. The predicted molar refractivity (Wildman–Crippen MR) is 91.8 cm³/mol. The van der Waals surface area contributed by atoms with Crippen molar-refractivity contribution in [3.8, 4) is 0 Å². The molecule has 0 radical (unpaired) electrons. The third-order valence-electron chi connectivity index (χ3n) is 3.39. The van der Waals surface area contributed by atoms with Crippen LogP contribution in [0.2, 0.25) is 0 Å². The molecule has 2 aromatic heterocycles. The molecule has 0 aliphatic carbocycles. The molecule has 0 fully saturated rings. The Morgan fingerprint density at radius 1 is 1.00 bits per heavy atom. The molecule has 132 valence electrons. The Balaban J connectivity index is 1.83. The van der Waals surface area contributed by atoms with Crippen molar-refractivity contribution in [1.82, 2.24) is 15.0 Å². The smallest absolute Gasteiger partial charge is 0.252 e. The Hall–Kier alpha value is -3.62. The summed E-state index contributed by atoms with van der Waals surface area (Å²) in [5.41, 5.74) is 6.24. The first-order valence-electron chi connectivity index (χ1n) is 7.53. The minimum absolute atomic E-state index is 0.0869. The van der Waals surface area contributed by atoms with Gasteiger partial charge in [-0.2, -0.15) is 0 Å². The summed E-state index contributed by atoms with van der Waals surface area (Å²) in [5.74, 6) is -1.20. The van der Waals surface area contributed by atoms with Gasteiger partial charge >= 0.3 is 0 Å². The quantitative estimate of drug-likeness (QED) is 0.627. The van der Waals surface area contributed by atoms with Gasteiger partial charge in [-0.05, 0) is 17.7 Å². The number of nitrogens with two attached hydrogens (primary N) is 1. The first kappa shape index (κ1) is 17.2. The molecule has 3 aromatic rings. The van der Waals surface area contributed by atoms with Gasteiger partial charge in [0.05, 0.1) is 17.4 Å². The minimum atomic E-state index is -0.684.